The molecule has 0 spiro atoms. The van der Waals surface area contributed by atoms with Crippen LogP contribution in [0.25, 0.3) is 0 Å². The van der Waals surface area contributed by atoms with Gasteiger partial charge in [-0.05, 0) is 44.7 Å². The third-order valence-corrected chi connectivity index (χ3v) is 4.88. The summed E-state index contributed by atoms with van der Waals surface area (Å²) in [6, 6.07) is 6.46. The Morgan fingerprint density at radius 3 is 2.19 bits per heavy atom. The van der Waals surface area contributed by atoms with Crippen LogP contribution in [0.15, 0.2) is 24.3 Å². The van der Waals surface area contributed by atoms with E-state index in [1.54, 1.807) is 19.1 Å². The fourth-order valence-electron chi connectivity index (χ4n) is 3.12. The zero-order valence-corrected chi connectivity index (χ0v) is 16.6. The van der Waals surface area contributed by atoms with Crippen LogP contribution in [-0.4, -0.2) is 36.0 Å². The molecule has 2 amide bonds. The van der Waals surface area contributed by atoms with Crippen molar-refractivity contribution in [1.82, 2.24) is 10.6 Å². The molecular weight excluding hydrogens is 344 g/mol. The van der Waals surface area contributed by atoms with Crippen LogP contribution in [-0.2, 0) is 14.3 Å². The largest absolute Gasteiger partial charge is 0.451 e. The minimum atomic E-state index is -0.893. The van der Waals surface area contributed by atoms with Gasteiger partial charge in [0.2, 0.25) is 0 Å². The number of hydrogen-bond acceptors (Lipinski definition) is 4. The molecule has 6 nitrogen and oxygen atoms in total. The van der Waals surface area contributed by atoms with Gasteiger partial charge in [0, 0.05) is 11.6 Å². The Bertz CT molecular complexity index is 663. The summed E-state index contributed by atoms with van der Waals surface area (Å²) < 4.78 is 5.34. The van der Waals surface area contributed by atoms with Gasteiger partial charge in [-0.3, -0.25) is 9.59 Å². The quantitative estimate of drug-likeness (QED) is 0.719. The van der Waals surface area contributed by atoms with E-state index in [2.05, 4.69) is 10.6 Å². The Balaban J connectivity index is 1.94. The summed E-state index contributed by atoms with van der Waals surface area (Å²) >= 11 is 0. The molecule has 1 fully saturated rings. The highest BCUT2D eigenvalue weighted by molar-refractivity contribution is 5.97. The van der Waals surface area contributed by atoms with Gasteiger partial charge >= 0.3 is 5.97 Å². The van der Waals surface area contributed by atoms with E-state index in [1.807, 2.05) is 32.9 Å². The number of hydrogen-bond donors (Lipinski definition) is 2. The molecule has 2 atom stereocenters. The van der Waals surface area contributed by atoms with Crippen LogP contribution >= 0.6 is 0 Å². The first-order valence-electron chi connectivity index (χ1n) is 9.66. The summed E-state index contributed by atoms with van der Waals surface area (Å²) in [5.74, 6) is -1.40. The van der Waals surface area contributed by atoms with E-state index in [0.29, 0.717) is 5.56 Å². The second-order valence-corrected chi connectivity index (χ2v) is 7.63. The highest BCUT2D eigenvalue weighted by atomic mass is 16.5. The standard InChI is InChI=1S/C21H30N2O4/c1-13(2)18(23-20(25)16-11-9-14(3)10-12-16)21(26)27-15(4)19(24)22-17-7-5-6-8-17/h9-13,15,17-18H,5-8H2,1-4H3,(H,22,24)(H,23,25)/t15-,18+/m0/s1. The number of carbonyl (C=O) groups excluding carboxylic acids is 3. The van der Waals surface area contributed by atoms with Crippen molar-refractivity contribution < 1.29 is 19.1 Å². The fraction of sp³-hybridized carbons (Fsp3) is 0.571. The Labute approximate surface area is 161 Å². The molecule has 148 valence electrons. The third kappa shape index (κ3) is 6.08. The van der Waals surface area contributed by atoms with E-state index in [-0.39, 0.29) is 23.8 Å². The Morgan fingerprint density at radius 2 is 1.63 bits per heavy atom. The van der Waals surface area contributed by atoms with Crippen LogP contribution in [0.4, 0.5) is 0 Å². The lowest BCUT2D eigenvalue weighted by molar-refractivity contribution is -0.157. The molecule has 1 saturated carbocycles. The topological polar surface area (TPSA) is 84.5 Å². The number of rotatable bonds is 7. The van der Waals surface area contributed by atoms with Crippen molar-refractivity contribution in [2.75, 3.05) is 0 Å². The molecule has 1 aromatic carbocycles. The Morgan fingerprint density at radius 1 is 1.04 bits per heavy atom. The smallest absolute Gasteiger partial charge is 0.329 e. The molecule has 0 saturated heterocycles. The Hall–Kier alpha value is -2.37. The van der Waals surface area contributed by atoms with Gasteiger partial charge in [0.05, 0.1) is 0 Å². The first-order chi connectivity index (χ1) is 12.8. The fourth-order valence-corrected chi connectivity index (χ4v) is 3.12. The molecule has 0 heterocycles. The highest BCUT2D eigenvalue weighted by Gasteiger charge is 2.30. The number of nitrogens with one attached hydrogen (secondary N) is 2. The van der Waals surface area contributed by atoms with Crippen molar-refractivity contribution in [3.05, 3.63) is 35.4 Å². The second-order valence-electron chi connectivity index (χ2n) is 7.63. The molecule has 1 aromatic rings. The molecule has 0 aliphatic heterocycles. The highest BCUT2D eigenvalue weighted by Crippen LogP contribution is 2.18. The number of amides is 2. The summed E-state index contributed by atoms with van der Waals surface area (Å²) in [4.78, 5) is 37.2. The summed E-state index contributed by atoms with van der Waals surface area (Å²) in [6.07, 6.45) is 3.26. The lowest BCUT2D eigenvalue weighted by Crippen LogP contribution is -2.48. The zero-order chi connectivity index (χ0) is 20.0. The van der Waals surface area contributed by atoms with Gasteiger partial charge in [0.25, 0.3) is 11.8 Å². The minimum absolute atomic E-state index is 0.167. The van der Waals surface area contributed by atoms with Crippen molar-refractivity contribution in [2.45, 2.75) is 71.6 Å². The maximum atomic E-state index is 12.5. The summed E-state index contributed by atoms with van der Waals surface area (Å²) in [6.45, 7) is 7.14. The number of ether oxygens (including phenoxy) is 1. The predicted molar refractivity (Wildman–Crippen MR) is 103 cm³/mol. The molecule has 27 heavy (non-hydrogen) atoms. The van der Waals surface area contributed by atoms with Gasteiger partial charge < -0.3 is 15.4 Å². The van der Waals surface area contributed by atoms with Crippen LogP contribution in [0.5, 0.6) is 0 Å². The van der Waals surface area contributed by atoms with Gasteiger partial charge in [-0.1, -0.05) is 44.4 Å². The van der Waals surface area contributed by atoms with E-state index in [1.165, 1.54) is 0 Å². The van der Waals surface area contributed by atoms with Gasteiger partial charge in [-0.2, -0.15) is 0 Å². The van der Waals surface area contributed by atoms with Crippen LogP contribution in [0, 0.1) is 12.8 Å². The molecule has 0 bridgehead atoms. The average molecular weight is 374 g/mol. The average Bonchev–Trinajstić information content (AvgIpc) is 3.12. The molecule has 0 unspecified atom stereocenters. The van der Waals surface area contributed by atoms with E-state index in [0.717, 1.165) is 31.2 Å². The molecule has 2 N–H and O–H groups in total. The van der Waals surface area contributed by atoms with E-state index >= 15 is 0 Å². The van der Waals surface area contributed by atoms with Crippen LogP contribution in [0.2, 0.25) is 0 Å². The van der Waals surface area contributed by atoms with Crippen molar-refractivity contribution in [3.63, 3.8) is 0 Å². The molecule has 1 aliphatic carbocycles. The third-order valence-electron chi connectivity index (χ3n) is 4.88. The molecular formula is C21H30N2O4. The summed E-state index contributed by atoms with van der Waals surface area (Å²) in [5.41, 5.74) is 1.53. The predicted octanol–water partition coefficient (Wildman–Crippen LogP) is 2.74. The van der Waals surface area contributed by atoms with Crippen molar-refractivity contribution in [1.29, 1.82) is 0 Å². The van der Waals surface area contributed by atoms with Crippen molar-refractivity contribution in [3.8, 4) is 0 Å². The van der Waals surface area contributed by atoms with Crippen molar-refractivity contribution in [2.24, 2.45) is 5.92 Å². The summed E-state index contributed by atoms with van der Waals surface area (Å²) in [7, 11) is 0. The SMILES string of the molecule is Cc1ccc(C(=O)N[C@@H](C(=O)O[C@@H](C)C(=O)NC2CCCC2)C(C)C)cc1. The lowest BCUT2D eigenvalue weighted by atomic mass is 10.0. The van der Waals surface area contributed by atoms with Crippen LogP contribution in [0.1, 0.15) is 62.4 Å². The zero-order valence-electron chi connectivity index (χ0n) is 16.6. The summed E-state index contributed by atoms with van der Waals surface area (Å²) in [5, 5.41) is 5.64. The molecule has 6 heteroatoms. The van der Waals surface area contributed by atoms with Gasteiger partial charge in [0.15, 0.2) is 6.10 Å². The number of carbonyl (C=O) groups is 3. The Kier molecular flexibility index (Phi) is 7.39. The normalized spacial score (nSPS) is 16.6. The van der Waals surface area contributed by atoms with Gasteiger partial charge in [-0.25, -0.2) is 4.79 Å². The monoisotopic (exact) mass is 374 g/mol. The van der Waals surface area contributed by atoms with Gasteiger partial charge in [0.1, 0.15) is 6.04 Å². The van der Waals surface area contributed by atoms with Crippen LogP contribution in [0.3, 0.4) is 0 Å². The lowest BCUT2D eigenvalue weighted by Gasteiger charge is -2.23. The number of esters is 1. The molecule has 0 aromatic heterocycles. The maximum Gasteiger partial charge on any atom is 0.329 e. The number of benzene rings is 1. The first kappa shape index (κ1) is 20.9. The number of aryl methyl sites for hydroxylation is 1. The van der Waals surface area contributed by atoms with Crippen LogP contribution < -0.4 is 10.6 Å². The molecule has 2 rings (SSSR count). The molecule has 1 aliphatic rings. The maximum absolute atomic E-state index is 12.5. The van der Waals surface area contributed by atoms with E-state index in [9.17, 15) is 14.4 Å². The first-order valence-corrected chi connectivity index (χ1v) is 9.66. The van der Waals surface area contributed by atoms with E-state index < -0.39 is 18.1 Å². The van der Waals surface area contributed by atoms with Crippen molar-refractivity contribution >= 4 is 17.8 Å². The second kappa shape index (κ2) is 9.53. The minimum Gasteiger partial charge on any atom is -0.451 e. The van der Waals surface area contributed by atoms with E-state index in [4.69, 9.17) is 4.74 Å². The van der Waals surface area contributed by atoms with Gasteiger partial charge in [-0.15, -0.1) is 0 Å². The molecule has 0 radical (unpaired) electrons.